The van der Waals surface area contributed by atoms with Crippen LogP contribution in [0.5, 0.6) is 0 Å². The highest BCUT2D eigenvalue weighted by Crippen LogP contribution is 2.37. The Bertz CT molecular complexity index is 907. The number of ether oxygens (including phenoxy) is 2. The van der Waals surface area contributed by atoms with Gasteiger partial charge in [0, 0.05) is 24.7 Å². The van der Waals surface area contributed by atoms with Crippen LogP contribution in [0.2, 0.25) is 0 Å². The molecular weight excluding hydrogens is 436 g/mol. The largest absolute Gasteiger partial charge is 0.465 e. The van der Waals surface area contributed by atoms with Crippen molar-refractivity contribution in [2.75, 3.05) is 24.6 Å². The van der Waals surface area contributed by atoms with Gasteiger partial charge in [-0.05, 0) is 76.8 Å². The lowest BCUT2D eigenvalue weighted by molar-refractivity contribution is -0.144. The van der Waals surface area contributed by atoms with Gasteiger partial charge in [-0.1, -0.05) is 13.0 Å². The van der Waals surface area contributed by atoms with Crippen molar-refractivity contribution in [1.29, 1.82) is 0 Å². The van der Waals surface area contributed by atoms with Crippen LogP contribution in [-0.4, -0.2) is 54.3 Å². The summed E-state index contributed by atoms with van der Waals surface area (Å²) >= 11 is 0. The van der Waals surface area contributed by atoms with E-state index in [0.29, 0.717) is 24.2 Å². The number of carbonyl (C=O) groups is 3. The summed E-state index contributed by atoms with van der Waals surface area (Å²) in [6, 6.07) is 3.23. The molecule has 2 heterocycles. The highest BCUT2D eigenvalue weighted by Gasteiger charge is 2.36. The second kappa shape index (κ2) is 10.7. The van der Waals surface area contributed by atoms with Crippen molar-refractivity contribution in [2.24, 2.45) is 23.5 Å². The molecule has 0 unspecified atom stereocenters. The summed E-state index contributed by atoms with van der Waals surface area (Å²) in [6.07, 6.45) is 2.77. The second-order valence-corrected chi connectivity index (χ2v) is 10.5. The molecule has 1 fully saturated rings. The minimum absolute atomic E-state index is 0.0735. The van der Waals surface area contributed by atoms with Crippen LogP contribution in [0.25, 0.3) is 0 Å². The van der Waals surface area contributed by atoms with E-state index >= 15 is 0 Å². The van der Waals surface area contributed by atoms with Crippen molar-refractivity contribution < 1.29 is 23.9 Å². The fourth-order valence-corrected chi connectivity index (χ4v) is 4.44. The van der Waals surface area contributed by atoms with Gasteiger partial charge in [0.25, 0.3) is 0 Å². The summed E-state index contributed by atoms with van der Waals surface area (Å²) < 4.78 is 10.5. The van der Waals surface area contributed by atoms with Gasteiger partial charge >= 0.3 is 12.1 Å². The van der Waals surface area contributed by atoms with Crippen molar-refractivity contribution in [3.8, 4) is 0 Å². The van der Waals surface area contributed by atoms with Crippen LogP contribution in [0.1, 0.15) is 58.7 Å². The zero-order chi connectivity index (χ0) is 25.0. The Morgan fingerprint density at radius 2 is 1.97 bits per heavy atom. The van der Waals surface area contributed by atoms with E-state index in [0.717, 1.165) is 36.9 Å². The molecule has 1 aromatic rings. The average Bonchev–Trinajstić information content (AvgIpc) is 2.72. The van der Waals surface area contributed by atoms with Gasteiger partial charge in [0.15, 0.2) is 0 Å². The van der Waals surface area contributed by atoms with Gasteiger partial charge in [0.1, 0.15) is 17.5 Å². The molecule has 3 rings (SSSR count). The quantitative estimate of drug-likeness (QED) is 0.582. The molecule has 9 nitrogen and oxygen atoms in total. The molecule has 0 spiro atoms. The number of pyridine rings is 1. The van der Waals surface area contributed by atoms with Crippen LogP contribution < -0.4 is 16.0 Å². The molecule has 1 saturated carbocycles. The summed E-state index contributed by atoms with van der Waals surface area (Å²) in [5, 5.41) is 2.75. The number of carbonyl (C=O) groups excluding carboxylic acids is 3. The third-order valence-electron chi connectivity index (χ3n) is 6.14. The van der Waals surface area contributed by atoms with Crippen molar-refractivity contribution in [2.45, 2.75) is 71.9 Å². The number of hydrogen-bond donors (Lipinski definition) is 2. The number of nitrogens with zero attached hydrogens (tertiary/aromatic N) is 2. The molecular formula is C25H38N4O5. The predicted molar refractivity (Wildman–Crippen MR) is 128 cm³/mol. The second-order valence-electron chi connectivity index (χ2n) is 10.5. The third-order valence-corrected chi connectivity index (χ3v) is 6.14. The monoisotopic (exact) mass is 474 g/mol. The van der Waals surface area contributed by atoms with E-state index in [1.807, 2.05) is 26.8 Å². The van der Waals surface area contributed by atoms with E-state index < -0.39 is 17.6 Å². The first-order valence-electron chi connectivity index (χ1n) is 12.2. The SMILES string of the molecule is CCOC(=O)[C@@H](N)CNC(=O)C1CC(Cc2ccc3c(n2)N(C(=O)OC(C)(C)C)C[C@H](C)C3)C1. The first-order chi connectivity index (χ1) is 16.0. The molecule has 1 aromatic heterocycles. The topological polar surface area (TPSA) is 124 Å². The van der Waals surface area contributed by atoms with E-state index in [-0.39, 0.29) is 31.1 Å². The van der Waals surface area contributed by atoms with Gasteiger partial charge in [0.2, 0.25) is 5.91 Å². The molecule has 0 bridgehead atoms. The Balaban J connectivity index is 1.55. The molecule has 2 aliphatic rings. The number of aromatic nitrogens is 1. The van der Waals surface area contributed by atoms with Crippen molar-refractivity contribution >= 4 is 23.8 Å². The van der Waals surface area contributed by atoms with E-state index in [4.69, 9.17) is 20.2 Å². The third kappa shape index (κ3) is 6.68. The number of esters is 1. The lowest BCUT2D eigenvalue weighted by Crippen LogP contribution is -2.47. The lowest BCUT2D eigenvalue weighted by Gasteiger charge is -2.35. The van der Waals surface area contributed by atoms with Gasteiger partial charge in [-0.25, -0.2) is 9.78 Å². The summed E-state index contributed by atoms with van der Waals surface area (Å²) in [5.41, 5.74) is 7.13. The Kier molecular flexibility index (Phi) is 8.17. The lowest BCUT2D eigenvalue weighted by atomic mass is 9.72. The summed E-state index contributed by atoms with van der Waals surface area (Å²) in [6.45, 7) is 10.3. The van der Waals surface area contributed by atoms with Crippen LogP contribution in [0.15, 0.2) is 12.1 Å². The minimum Gasteiger partial charge on any atom is -0.465 e. The predicted octanol–water partition coefficient (Wildman–Crippen LogP) is 2.59. The average molecular weight is 475 g/mol. The standard InChI is InChI=1S/C25H38N4O5/c1-6-33-23(31)20(26)13-27-22(30)18-10-16(11-18)12-19-8-7-17-9-15(2)14-29(21(17)28-19)24(32)34-25(3,4)5/h7-8,15-16,18,20H,6,9-14,26H2,1-5H3,(H,27,30)/t15-,16?,18?,20+/m1/s1. The smallest absolute Gasteiger partial charge is 0.416 e. The number of hydrogen-bond acceptors (Lipinski definition) is 7. The maximum Gasteiger partial charge on any atom is 0.416 e. The van der Waals surface area contributed by atoms with Crippen LogP contribution in [-0.2, 0) is 31.9 Å². The van der Waals surface area contributed by atoms with E-state index in [1.54, 1.807) is 11.8 Å². The van der Waals surface area contributed by atoms with Crippen molar-refractivity contribution in [1.82, 2.24) is 10.3 Å². The van der Waals surface area contributed by atoms with Crippen molar-refractivity contribution in [3.63, 3.8) is 0 Å². The molecule has 188 valence electrons. The molecule has 1 aliphatic carbocycles. The molecule has 0 aromatic carbocycles. The fraction of sp³-hybridized carbons (Fsp3) is 0.680. The first kappa shape index (κ1) is 25.9. The van der Waals surface area contributed by atoms with Gasteiger partial charge in [0.05, 0.1) is 6.61 Å². The molecule has 0 saturated heterocycles. The molecule has 3 N–H and O–H groups in total. The first-order valence-corrected chi connectivity index (χ1v) is 12.2. The Labute approximate surface area is 201 Å². The number of rotatable bonds is 7. The minimum atomic E-state index is -0.852. The van der Waals surface area contributed by atoms with Crippen LogP contribution in [0, 0.1) is 17.8 Å². The van der Waals surface area contributed by atoms with Gasteiger partial charge < -0.3 is 20.5 Å². The van der Waals surface area contributed by atoms with E-state index in [9.17, 15) is 14.4 Å². The normalized spacial score (nSPS) is 22.8. The number of nitrogens with one attached hydrogen (secondary N) is 1. The molecule has 1 aliphatic heterocycles. The molecule has 2 amide bonds. The zero-order valence-electron chi connectivity index (χ0n) is 20.9. The zero-order valence-corrected chi connectivity index (χ0v) is 20.9. The van der Waals surface area contributed by atoms with Gasteiger partial charge in [-0.3, -0.25) is 14.5 Å². The molecule has 0 radical (unpaired) electrons. The number of nitrogens with two attached hydrogens (primary N) is 1. The van der Waals surface area contributed by atoms with E-state index in [1.165, 1.54) is 0 Å². The fourth-order valence-electron chi connectivity index (χ4n) is 4.44. The van der Waals surface area contributed by atoms with Crippen LogP contribution >= 0.6 is 0 Å². The Morgan fingerprint density at radius 1 is 1.26 bits per heavy atom. The number of anilines is 1. The highest BCUT2D eigenvalue weighted by molar-refractivity contribution is 5.88. The molecule has 34 heavy (non-hydrogen) atoms. The van der Waals surface area contributed by atoms with Crippen LogP contribution in [0.4, 0.5) is 10.6 Å². The summed E-state index contributed by atoms with van der Waals surface area (Å²) in [4.78, 5) is 43.2. The van der Waals surface area contributed by atoms with E-state index in [2.05, 4.69) is 18.3 Å². The Hall–Kier alpha value is -2.68. The Morgan fingerprint density at radius 3 is 2.62 bits per heavy atom. The maximum absolute atomic E-state index is 12.8. The molecule has 2 atom stereocenters. The summed E-state index contributed by atoms with van der Waals surface area (Å²) in [5.74, 6) is 0.678. The van der Waals surface area contributed by atoms with Crippen LogP contribution in [0.3, 0.4) is 0 Å². The molecule has 9 heteroatoms. The van der Waals surface area contributed by atoms with Gasteiger partial charge in [-0.15, -0.1) is 0 Å². The highest BCUT2D eigenvalue weighted by atomic mass is 16.6. The summed E-state index contributed by atoms with van der Waals surface area (Å²) in [7, 11) is 0. The maximum atomic E-state index is 12.8. The number of fused-ring (bicyclic) bond motifs is 1. The number of amides is 2. The van der Waals surface area contributed by atoms with Gasteiger partial charge in [-0.2, -0.15) is 0 Å². The van der Waals surface area contributed by atoms with Crippen molar-refractivity contribution in [3.05, 3.63) is 23.4 Å².